The molecule has 2 fully saturated rings. The van der Waals surface area contributed by atoms with Crippen LogP contribution in [0, 0.1) is 5.82 Å². The minimum Gasteiger partial charge on any atom is -0.375 e. The first kappa shape index (κ1) is 16.1. The third-order valence-electron chi connectivity index (χ3n) is 4.65. The van der Waals surface area contributed by atoms with Gasteiger partial charge in [-0.25, -0.2) is 9.18 Å². The van der Waals surface area contributed by atoms with Gasteiger partial charge in [0.25, 0.3) is 0 Å². The van der Waals surface area contributed by atoms with Crippen LogP contribution in [0.5, 0.6) is 0 Å². The van der Waals surface area contributed by atoms with Gasteiger partial charge in [0.05, 0.1) is 18.2 Å². The molecule has 0 radical (unpaired) electrons. The van der Waals surface area contributed by atoms with Crippen LogP contribution < -0.4 is 15.5 Å². The van der Waals surface area contributed by atoms with Crippen molar-refractivity contribution in [3.05, 3.63) is 30.1 Å². The molecule has 2 saturated heterocycles. The quantitative estimate of drug-likeness (QED) is 0.790. The number of rotatable bonds is 6. The molecule has 126 valence electrons. The number of nitrogens with zero attached hydrogens (tertiary/aromatic N) is 1. The van der Waals surface area contributed by atoms with E-state index in [0.29, 0.717) is 12.6 Å². The molecule has 0 aliphatic carbocycles. The molecule has 2 aliphatic rings. The summed E-state index contributed by atoms with van der Waals surface area (Å²) in [6.45, 7) is 1.40. The predicted octanol–water partition coefficient (Wildman–Crippen LogP) is 2.27. The largest absolute Gasteiger partial charge is 0.375 e. The Morgan fingerprint density at radius 1 is 1.35 bits per heavy atom. The number of anilines is 1. The van der Waals surface area contributed by atoms with Crippen LogP contribution in [-0.4, -0.2) is 44.4 Å². The Bertz CT molecular complexity index is 537. The summed E-state index contributed by atoms with van der Waals surface area (Å²) in [6.07, 6.45) is 4.49. The van der Waals surface area contributed by atoms with Crippen molar-refractivity contribution in [1.82, 2.24) is 10.6 Å². The van der Waals surface area contributed by atoms with Crippen molar-refractivity contribution in [1.29, 1.82) is 0 Å². The molecule has 2 amide bonds. The average molecular weight is 321 g/mol. The molecule has 3 rings (SSSR count). The van der Waals surface area contributed by atoms with E-state index in [2.05, 4.69) is 10.6 Å². The van der Waals surface area contributed by atoms with Gasteiger partial charge in [0.15, 0.2) is 0 Å². The Kier molecular flexibility index (Phi) is 5.00. The van der Waals surface area contributed by atoms with Crippen LogP contribution >= 0.6 is 0 Å². The van der Waals surface area contributed by atoms with Crippen molar-refractivity contribution in [2.24, 2.45) is 0 Å². The van der Waals surface area contributed by atoms with Gasteiger partial charge in [-0.2, -0.15) is 0 Å². The van der Waals surface area contributed by atoms with E-state index in [1.54, 1.807) is 12.1 Å². The number of benzene rings is 1. The van der Waals surface area contributed by atoms with E-state index in [4.69, 9.17) is 4.74 Å². The summed E-state index contributed by atoms with van der Waals surface area (Å²) >= 11 is 0. The zero-order valence-corrected chi connectivity index (χ0v) is 13.4. The van der Waals surface area contributed by atoms with Crippen LogP contribution in [0.4, 0.5) is 14.9 Å². The van der Waals surface area contributed by atoms with E-state index < -0.39 is 0 Å². The fraction of sp³-hybridized carbons (Fsp3) is 0.588. The number of nitrogens with one attached hydrogen (secondary N) is 2. The topological polar surface area (TPSA) is 53.6 Å². The van der Waals surface area contributed by atoms with Crippen molar-refractivity contribution in [3.8, 4) is 0 Å². The van der Waals surface area contributed by atoms with Gasteiger partial charge in [-0.3, -0.25) is 0 Å². The molecular weight excluding hydrogens is 297 g/mol. The van der Waals surface area contributed by atoms with Gasteiger partial charge in [-0.15, -0.1) is 0 Å². The van der Waals surface area contributed by atoms with Gasteiger partial charge < -0.3 is 20.3 Å². The van der Waals surface area contributed by atoms with Gasteiger partial charge in [-0.05, 0) is 49.9 Å². The first-order valence-corrected chi connectivity index (χ1v) is 8.28. The molecule has 0 spiro atoms. The summed E-state index contributed by atoms with van der Waals surface area (Å²) in [5.41, 5.74) is 0.968. The molecule has 2 N–H and O–H groups in total. The van der Waals surface area contributed by atoms with Crippen LogP contribution in [0.15, 0.2) is 24.3 Å². The normalized spacial score (nSPS) is 25.4. The van der Waals surface area contributed by atoms with Crippen molar-refractivity contribution >= 4 is 11.7 Å². The van der Waals surface area contributed by atoms with Gasteiger partial charge in [-0.1, -0.05) is 0 Å². The maximum atomic E-state index is 12.9. The van der Waals surface area contributed by atoms with Crippen LogP contribution in [0.2, 0.25) is 0 Å². The number of halogens is 1. The predicted molar refractivity (Wildman–Crippen MR) is 87.1 cm³/mol. The molecule has 2 bridgehead atoms. The highest BCUT2D eigenvalue weighted by atomic mass is 19.1. The summed E-state index contributed by atoms with van der Waals surface area (Å²) in [7, 11) is 1.96. The Balaban J connectivity index is 1.31. The number of ether oxygens (including phenoxy) is 1. The number of hydrogen-bond donors (Lipinski definition) is 2. The summed E-state index contributed by atoms with van der Waals surface area (Å²) in [5.74, 6) is -0.231. The van der Waals surface area contributed by atoms with Gasteiger partial charge >= 0.3 is 6.03 Å². The number of amides is 2. The number of carbonyl (C=O) groups is 1. The Morgan fingerprint density at radius 2 is 2.13 bits per heavy atom. The van der Waals surface area contributed by atoms with Gasteiger partial charge in [0, 0.05) is 25.8 Å². The Labute approximate surface area is 136 Å². The Morgan fingerprint density at radius 3 is 2.78 bits per heavy atom. The van der Waals surface area contributed by atoms with E-state index in [0.717, 1.165) is 37.9 Å². The molecule has 5 nitrogen and oxygen atoms in total. The first-order valence-electron chi connectivity index (χ1n) is 8.28. The van der Waals surface area contributed by atoms with Crippen molar-refractivity contribution in [2.75, 3.05) is 25.0 Å². The zero-order valence-electron chi connectivity index (χ0n) is 13.4. The molecule has 0 aromatic heterocycles. The molecule has 2 aliphatic heterocycles. The maximum Gasteiger partial charge on any atom is 0.315 e. The lowest BCUT2D eigenvalue weighted by Crippen LogP contribution is -2.46. The third-order valence-corrected chi connectivity index (χ3v) is 4.65. The lowest BCUT2D eigenvalue weighted by molar-refractivity contribution is 0.0981. The molecule has 23 heavy (non-hydrogen) atoms. The summed E-state index contributed by atoms with van der Waals surface area (Å²) in [6, 6.07) is 6.46. The smallest absolute Gasteiger partial charge is 0.315 e. The molecule has 1 aromatic rings. The third kappa shape index (κ3) is 4.13. The van der Waals surface area contributed by atoms with E-state index in [9.17, 15) is 9.18 Å². The van der Waals surface area contributed by atoms with Gasteiger partial charge in [0.1, 0.15) is 5.82 Å². The highest BCUT2D eigenvalue weighted by molar-refractivity contribution is 5.74. The second-order valence-electron chi connectivity index (χ2n) is 6.37. The van der Waals surface area contributed by atoms with Crippen molar-refractivity contribution in [3.63, 3.8) is 0 Å². The molecular formula is C17H24FN3O2. The number of fused-ring (bicyclic) bond motifs is 2. The minimum absolute atomic E-state index is 0.115. The number of hydrogen-bond acceptors (Lipinski definition) is 3. The molecule has 0 saturated carbocycles. The van der Waals surface area contributed by atoms with Crippen LogP contribution in [-0.2, 0) is 4.74 Å². The summed E-state index contributed by atoms with van der Waals surface area (Å²) in [5, 5.41) is 5.90. The van der Waals surface area contributed by atoms with Crippen LogP contribution in [0.25, 0.3) is 0 Å². The second-order valence-corrected chi connectivity index (χ2v) is 6.37. The second kappa shape index (κ2) is 7.17. The van der Waals surface area contributed by atoms with Crippen LogP contribution in [0.3, 0.4) is 0 Å². The standard InChI is InChI=1S/C17H24FN3O2/c1-21(13-5-3-12(18)4-6-13)10-2-9-19-17(22)20-15-11-14-7-8-16(15)23-14/h3-6,14-16H,2,7-11H2,1H3,(H2,19,20,22)/t14-,15-,16-/m1/s1. The fourth-order valence-corrected chi connectivity index (χ4v) is 3.35. The van der Waals surface area contributed by atoms with Crippen LogP contribution in [0.1, 0.15) is 25.7 Å². The SMILES string of the molecule is CN(CCCNC(=O)N[C@@H]1C[C@H]2CC[C@H]1O2)c1ccc(F)cc1. The van der Waals surface area contributed by atoms with E-state index in [1.807, 2.05) is 11.9 Å². The van der Waals surface area contributed by atoms with E-state index in [-0.39, 0.29) is 24.0 Å². The summed E-state index contributed by atoms with van der Waals surface area (Å²) < 4.78 is 18.6. The number of urea groups is 1. The monoisotopic (exact) mass is 321 g/mol. The Hall–Kier alpha value is -1.82. The highest BCUT2D eigenvalue weighted by Crippen LogP contribution is 2.34. The van der Waals surface area contributed by atoms with Crippen molar-refractivity contribution in [2.45, 2.75) is 43.9 Å². The molecule has 0 unspecified atom stereocenters. The minimum atomic E-state index is -0.231. The fourth-order valence-electron chi connectivity index (χ4n) is 3.35. The van der Waals surface area contributed by atoms with Gasteiger partial charge in [0.2, 0.25) is 0 Å². The molecule has 6 heteroatoms. The molecule has 3 atom stereocenters. The number of carbonyl (C=O) groups excluding carboxylic acids is 1. The maximum absolute atomic E-state index is 12.9. The van der Waals surface area contributed by atoms with E-state index >= 15 is 0 Å². The van der Waals surface area contributed by atoms with Crippen molar-refractivity contribution < 1.29 is 13.9 Å². The lowest BCUT2D eigenvalue weighted by atomic mass is 9.96. The molecule has 2 heterocycles. The highest BCUT2D eigenvalue weighted by Gasteiger charge is 2.41. The average Bonchev–Trinajstić information content (AvgIpc) is 3.15. The first-order chi connectivity index (χ1) is 11.1. The lowest BCUT2D eigenvalue weighted by Gasteiger charge is -2.21. The zero-order chi connectivity index (χ0) is 16.2. The molecule has 1 aromatic carbocycles. The van der Waals surface area contributed by atoms with E-state index in [1.165, 1.54) is 12.1 Å². The summed E-state index contributed by atoms with van der Waals surface area (Å²) in [4.78, 5) is 13.9.